The number of carbonyl (C=O) groups excluding carboxylic acids is 1. The van der Waals surface area contributed by atoms with Crippen LogP contribution < -0.4 is 4.74 Å². The van der Waals surface area contributed by atoms with Crippen LogP contribution in [0, 0.1) is 0 Å². The quantitative estimate of drug-likeness (QED) is 0.567. The van der Waals surface area contributed by atoms with Gasteiger partial charge in [0.2, 0.25) is 5.88 Å². The second-order valence-electron chi connectivity index (χ2n) is 1.79. The third-order valence-electron chi connectivity index (χ3n) is 0.986. The van der Waals surface area contributed by atoms with Gasteiger partial charge in [-0.25, -0.2) is 0 Å². The van der Waals surface area contributed by atoms with E-state index in [2.05, 4.69) is 15.4 Å². The number of hydrogen-bond acceptors (Lipinski definition) is 5. The molecule has 0 aliphatic carbocycles. The van der Waals surface area contributed by atoms with Gasteiger partial charge in [-0.05, 0) is 5.21 Å². The molecule has 0 spiro atoms. The molecule has 5 nitrogen and oxygen atoms in total. The second kappa shape index (κ2) is 3.60. The van der Waals surface area contributed by atoms with Gasteiger partial charge in [0, 0.05) is 12.5 Å². The molecule has 0 fully saturated rings. The highest BCUT2D eigenvalue weighted by Gasteiger charge is 2.00. The van der Waals surface area contributed by atoms with Crippen molar-refractivity contribution in [3.05, 3.63) is 12.3 Å². The Morgan fingerprint density at radius 2 is 2.55 bits per heavy atom. The minimum atomic E-state index is -0.328. The second-order valence-corrected chi connectivity index (χ2v) is 1.79. The monoisotopic (exact) mass is 153 g/mol. The largest absolute Gasteiger partial charge is 0.406 e. The Labute approximate surface area is 63.4 Å². The van der Waals surface area contributed by atoms with E-state index in [4.69, 9.17) is 4.74 Å². The SMILES string of the molecule is CCC(=O)Oc1ccnnn1. The first-order chi connectivity index (χ1) is 5.33. The van der Waals surface area contributed by atoms with E-state index in [1.54, 1.807) is 6.92 Å². The van der Waals surface area contributed by atoms with E-state index in [0.717, 1.165) is 0 Å². The smallest absolute Gasteiger partial charge is 0.312 e. The molecular formula is C6H7N3O2. The van der Waals surface area contributed by atoms with Gasteiger partial charge in [0.05, 0.1) is 6.20 Å². The van der Waals surface area contributed by atoms with Gasteiger partial charge in [-0.3, -0.25) is 4.79 Å². The molecule has 1 aromatic rings. The molecule has 1 aromatic heterocycles. The summed E-state index contributed by atoms with van der Waals surface area (Å²) < 4.78 is 4.71. The maximum Gasteiger partial charge on any atom is 0.312 e. The number of aromatic nitrogens is 3. The lowest BCUT2D eigenvalue weighted by atomic mass is 10.5. The molecule has 1 rings (SSSR count). The molecular weight excluding hydrogens is 146 g/mol. The van der Waals surface area contributed by atoms with E-state index in [9.17, 15) is 4.79 Å². The fourth-order valence-corrected chi connectivity index (χ4v) is 0.473. The van der Waals surface area contributed by atoms with E-state index >= 15 is 0 Å². The standard InChI is InChI=1S/C6H7N3O2/c1-2-6(10)11-5-3-4-7-9-8-5/h3-4H,2H2,1H3. The average molecular weight is 153 g/mol. The van der Waals surface area contributed by atoms with Crippen molar-refractivity contribution in [1.29, 1.82) is 0 Å². The summed E-state index contributed by atoms with van der Waals surface area (Å²) in [6.07, 6.45) is 1.73. The zero-order valence-electron chi connectivity index (χ0n) is 6.02. The van der Waals surface area contributed by atoms with Crippen LogP contribution in [-0.4, -0.2) is 21.4 Å². The first-order valence-electron chi connectivity index (χ1n) is 3.18. The predicted molar refractivity (Wildman–Crippen MR) is 35.8 cm³/mol. The lowest BCUT2D eigenvalue weighted by Gasteiger charge is -1.96. The summed E-state index contributed by atoms with van der Waals surface area (Å²) in [6.45, 7) is 1.71. The van der Waals surface area contributed by atoms with Crippen molar-refractivity contribution < 1.29 is 9.53 Å². The molecule has 0 N–H and O–H groups in total. The minimum absolute atomic E-state index is 0.187. The van der Waals surface area contributed by atoms with Crippen molar-refractivity contribution in [1.82, 2.24) is 15.4 Å². The number of esters is 1. The summed E-state index contributed by atoms with van der Waals surface area (Å²) in [5.41, 5.74) is 0. The summed E-state index contributed by atoms with van der Waals surface area (Å²) in [4.78, 5) is 10.7. The summed E-state index contributed by atoms with van der Waals surface area (Å²) in [7, 11) is 0. The number of ether oxygens (including phenoxy) is 1. The summed E-state index contributed by atoms with van der Waals surface area (Å²) >= 11 is 0. The van der Waals surface area contributed by atoms with Gasteiger partial charge in [-0.1, -0.05) is 12.0 Å². The Morgan fingerprint density at radius 3 is 3.09 bits per heavy atom. The highest BCUT2D eigenvalue weighted by Crippen LogP contribution is 2.00. The number of hydrogen-bond donors (Lipinski definition) is 0. The Balaban J connectivity index is 2.58. The van der Waals surface area contributed by atoms with Crippen LogP contribution in [0.5, 0.6) is 5.88 Å². The maximum absolute atomic E-state index is 10.7. The van der Waals surface area contributed by atoms with Crippen LogP contribution in [0.1, 0.15) is 13.3 Å². The first-order valence-corrected chi connectivity index (χ1v) is 3.18. The molecule has 0 aliphatic heterocycles. The number of nitrogens with zero attached hydrogens (tertiary/aromatic N) is 3. The van der Waals surface area contributed by atoms with Crippen LogP contribution >= 0.6 is 0 Å². The molecule has 0 radical (unpaired) electrons. The molecule has 0 unspecified atom stereocenters. The van der Waals surface area contributed by atoms with E-state index in [-0.39, 0.29) is 11.8 Å². The number of rotatable bonds is 2. The summed E-state index contributed by atoms with van der Waals surface area (Å²) in [5.74, 6) is -0.141. The molecule has 0 amide bonds. The molecule has 0 atom stereocenters. The van der Waals surface area contributed by atoms with Gasteiger partial charge in [0.25, 0.3) is 0 Å². The summed E-state index contributed by atoms with van der Waals surface area (Å²) in [5, 5.41) is 10.2. The summed E-state index contributed by atoms with van der Waals surface area (Å²) in [6, 6.07) is 1.47. The third kappa shape index (κ3) is 2.29. The fraction of sp³-hybridized carbons (Fsp3) is 0.333. The van der Waals surface area contributed by atoms with Crippen molar-refractivity contribution in [3.8, 4) is 5.88 Å². The molecule has 0 aromatic carbocycles. The molecule has 0 aliphatic rings. The van der Waals surface area contributed by atoms with Gasteiger partial charge >= 0.3 is 5.97 Å². The molecule has 0 saturated carbocycles. The van der Waals surface area contributed by atoms with E-state index in [0.29, 0.717) is 6.42 Å². The van der Waals surface area contributed by atoms with Crippen LogP contribution in [0.4, 0.5) is 0 Å². The van der Waals surface area contributed by atoms with Gasteiger partial charge in [0.1, 0.15) is 0 Å². The molecule has 0 saturated heterocycles. The Kier molecular flexibility index (Phi) is 2.48. The normalized spacial score (nSPS) is 9.18. The predicted octanol–water partition coefficient (Wildman–Crippen LogP) is 0.187. The van der Waals surface area contributed by atoms with Gasteiger partial charge in [-0.15, -0.1) is 5.10 Å². The highest BCUT2D eigenvalue weighted by molar-refractivity contribution is 5.71. The van der Waals surface area contributed by atoms with E-state index in [1.165, 1.54) is 12.3 Å². The fourth-order valence-electron chi connectivity index (χ4n) is 0.473. The van der Waals surface area contributed by atoms with Gasteiger partial charge < -0.3 is 4.74 Å². The molecule has 5 heteroatoms. The van der Waals surface area contributed by atoms with Crippen molar-refractivity contribution in [2.75, 3.05) is 0 Å². The third-order valence-corrected chi connectivity index (χ3v) is 0.986. The topological polar surface area (TPSA) is 65.0 Å². The van der Waals surface area contributed by atoms with Crippen molar-refractivity contribution in [2.24, 2.45) is 0 Å². The van der Waals surface area contributed by atoms with Gasteiger partial charge in [0.15, 0.2) is 0 Å². The first kappa shape index (κ1) is 7.59. The van der Waals surface area contributed by atoms with Crippen LogP contribution in [0.15, 0.2) is 12.3 Å². The zero-order valence-corrected chi connectivity index (χ0v) is 6.02. The van der Waals surface area contributed by atoms with Crippen LogP contribution in [0.25, 0.3) is 0 Å². The van der Waals surface area contributed by atoms with Crippen LogP contribution in [0.2, 0.25) is 0 Å². The molecule has 1 heterocycles. The zero-order chi connectivity index (χ0) is 8.10. The van der Waals surface area contributed by atoms with Gasteiger partial charge in [-0.2, -0.15) is 0 Å². The Hall–Kier alpha value is -1.52. The lowest BCUT2D eigenvalue weighted by molar-refractivity contribution is -0.134. The molecule has 0 bridgehead atoms. The van der Waals surface area contributed by atoms with E-state index < -0.39 is 0 Å². The number of carbonyl (C=O) groups is 1. The maximum atomic E-state index is 10.7. The Bertz CT molecular complexity index is 237. The van der Waals surface area contributed by atoms with Crippen molar-refractivity contribution >= 4 is 5.97 Å². The molecule has 11 heavy (non-hydrogen) atoms. The van der Waals surface area contributed by atoms with E-state index in [1.807, 2.05) is 0 Å². The molecule has 58 valence electrons. The minimum Gasteiger partial charge on any atom is -0.406 e. The average Bonchev–Trinajstić information content (AvgIpc) is 2.06. The van der Waals surface area contributed by atoms with Crippen LogP contribution in [0.3, 0.4) is 0 Å². The Morgan fingerprint density at radius 1 is 1.73 bits per heavy atom. The lowest BCUT2D eigenvalue weighted by Crippen LogP contribution is -2.07. The highest BCUT2D eigenvalue weighted by atomic mass is 16.5. The van der Waals surface area contributed by atoms with Crippen molar-refractivity contribution in [2.45, 2.75) is 13.3 Å². The van der Waals surface area contributed by atoms with Crippen molar-refractivity contribution in [3.63, 3.8) is 0 Å². The van der Waals surface area contributed by atoms with Crippen LogP contribution in [-0.2, 0) is 4.79 Å².